The molecule has 0 radical (unpaired) electrons. The molecule has 2 aromatic heterocycles. The molecule has 4 aliphatic heterocycles. The summed E-state index contributed by atoms with van der Waals surface area (Å²) in [6.45, 7) is 10.3. The summed E-state index contributed by atoms with van der Waals surface area (Å²) in [4.78, 5) is 54.5. The highest BCUT2D eigenvalue weighted by Gasteiger charge is 2.35. The molecule has 5 aromatic rings. The van der Waals surface area contributed by atoms with Gasteiger partial charge in [0.25, 0.3) is 0 Å². The SMILES string of the molecule is Cc1cc(N2CC(N3CCN(C(=O)Cc4ccc(Nc5cc6cc(-c7cnc8c(c7C)NCCO8)ccc6cn5)cc4F)CC3)C2)ccc1N1CCC(=O)NC1=O. The van der Waals surface area contributed by atoms with Gasteiger partial charge in [-0.25, -0.2) is 19.2 Å². The number of hydrogen-bond donors (Lipinski definition) is 3. The second-order valence-corrected chi connectivity index (χ2v) is 15.2. The molecule has 0 aliphatic carbocycles. The number of pyridine rings is 2. The summed E-state index contributed by atoms with van der Waals surface area (Å²) >= 11 is 0. The first-order chi connectivity index (χ1) is 27.7. The Bertz CT molecular complexity index is 2410. The molecule has 4 amide bonds. The normalized spacial score (nSPS) is 17.4. The van der Waals surface area contributed by atoms with Crippen molar-refractivity contribution in [1.29, 1.82) is 0 Å². The number of ether oxygens (including phenoxy) is 1. The van der Waals surface area contributed by atoms with Crippen molar-refractivity contribution in [2.45, 2.75) is 32.7 Å². The molecule has 3 fully saturated rings. The second kappa shape index (κ2) is 15.0. The Hall–Kier alpha value is -6.28. The van der Waals surface area contributed by atoms with Crippen LogP contribution in [0.3, 0.4) is 0 Å². The van der Waals surface area contributed by atoms with Gasteiger partial charge in [-0.05, 0) is 84.0 Å². The lowest BCUT2D eigenvalue weighted by molar-refractivity contribution is -0.132. The molecular formula is C43H44FN9O4. The number of amides is 4. The number of nitrogens with one attached hydrogen (secondary N) is 3. The van der Waals surface area contributed by atoms with Crippen LogP contribution in [0.15, 0.2) is 73.1 Å². The third-order valence-electron chi connectivity index (χ3n) is 11.6. The molecule has 3 N–H and O–H groups in total. The van der Waals surface area contributed by atoms with Gasteiger partial charge in [0.2, 0.25) is 17.7 Å². The minimum absolute atomic E-state index is 0.00365. The fourth-order valence-electron chi connectivity index (χ4n) is 8.25. The van der Waals surface area contributed by atoms with Crippen molar-refractivity contribution in [1.82, 2.24) is 25.1 Å². The van der Waals surface area contributed by atoms with Crippen molar-refractivity contribution in [3.8, 4) is 17.0 Å². The van der Waals surface area contributed by atoms with Crippen LogP contribution in [0.2, 0.25) is 0 Å². The fourth-order valence-corrected chi connectivity index (χ4v) is 8.25. The highest BCUT2D eigenvalue weighted by molar-refractivity contribution is 6.06. The number of benzene rings is 3. The third kappa shape index (κ3) is 7.28. The van der Waals surface area contributed by atoms with Gasteiger partial charge in [0, 0.05) is 105 Å². The summed E-state index contributed by atoms with van der Waals surface area (Å²) < 4.78 is 21.1. The minimum atomic E-state index is -0.435. The number of urea groups is 1. The van der Waals surface area contributed by atoms with Crippen LogP contribution in [-0.2, 0) is 16.0 Å². The van der Waals surface area contributed by atoms with Crippen molar-refractivity contribution in [3.05, 3.63) is 95.6 Å². The molecule has 0 unspecified atom stereocenters. The van der Waals surface area contributed by atoms with Crippen LogP contribution in [0.1, 0.15) is 23.1 Å². The lowest BCUT2D eigenvalue weighted by Gasteiger charge is -2.49. The first kappa shape index (κ1) is 36.4. The topological polar surface area (TPSA) is 135 Å². The average molecular weight is 770 g/mol. The number of nitrogens with zero attached hydrogens (tertiary/aromatic N) is 6. The van der Waals surface area contributed by atoms with E-state index in [2.05, 4.69) is 60.8 Å². The van der Waals surface area contributed by atoms with Gasteiger partial charge in [0.1, 0.15) is 23.9 Å². The van der Waals surface area contributed by atoms with Gasteiger partial charge in [0.05, 0.1) is 6.42 Å². The van der Waals surface area contributed by atoms with Crippen molar-refractivity contribution in [3.63, 3.8) is 0 Å². The van der Waals surface area contributed by atoms with E-state index in [4.69, 9.17) is 4.74 Å². The standard InChI is InChI=1S/C43H44FN9O4/c1-26-17-33(7-8-37(26)53-11-9-39(54)49-43(53)56)52-24-34(25-52)50-12-14-51(15-13-50)40(55)20-29-5-6-32(21-36(29)44)48-38-19-31-18-28(3-4-30(31)22-46-38)35-23-47-42-41(27(35)2)45-10-16-57-42/h3-8,17-19,21-23,34,45H,9-16,20,24-25H2,1-2H3,(H,46,48)(H,49,54,56). The minimum Gasteiger partial charge on any atom is -0.474 e. The molecule has 57 heavy (non-hydrogen) atoms. The van der Waals surface area contributed by atoms with Crippen molar-refractivity contribution < 1.29 is 23.5 Å². The number of imide groups is 1. The molecule has 13 nitrogen and oxygen atoms in total. The Balaban J connectivity index is 0.770. The smallest absolute Gasteiger partial charge is 0.328 e. The highest BCUT2D eigenvalue weighted by Crippen LogP contribution is 2.37. The summed E-state index contributed by atoms with van der Waals surface area (Å²) in [5.74, 6) is 0.456. The molecule has 6 heterocycles. The van der Waals surface area contributed by atoms with Gasteiger partial charge in [-0.1, -0.05) is 18.2 Å². The van der Waals surface area contributed by atoms with Crippen LogP contribution < -0.4 is 30.5 Å². The summed E-state index contributed by atoms with van der Waals surface area (Å²) in [6.07, 6.45) is 3.94. The number of carbonyl (C=O) groups excluding carboxylic acids is 3. The first-order valence-corrected chi connectivity index (χ1v) is 19.5. The third-order valence-corrected chi connectivity index (χ3v) is 11.6. The van der Waals surface area contributed by atoms with E-state index in [1.807, 2.05) is 42.3 Å². The lowest BCUT2D eigenvalue weighted by atomic mass is 9.99. The Morgan fingerprint density at radius 3 is 2.56 bits per heavy atom. The zero-order valence-electron chi connectivity index (χ0n) is 32.0. The van der Waals surface area contributed by atoms with Gasteiger partial charge in [0.15, 0.2) is 0 Å². The zero-order chi connectivity index (χ0) is 39.2. The number of carbonyl (C=O) groups is 3. The van der Waals surface area contributed by atoms with Crippen LogP contribution in [0.25, 0.3) is 21.9 Å². The van der Waals surface area contributed by atoms with Crippen LogP contribution >= 0.6 is 0 Å². The molecule has 4 aliphatic rings. The number of fused-ring (bicyclic) bond motifs is 2. The monoisotopic (exact) mass is 769 g/mol. The first-order valence-electron chi connectivity index (χ1n) is 19.5. The molecule has 0 spiro atoms. The quantitative estimate of drug-likeness (QED) is 0.183. The predicted octanol–water partition coefficient (Wildman–Crippen LogP) is 5.62. The Kier molecular flexibility index (Phi) is 9.57. The summed E-state index contributed by atoms with van der Waals surface area (Å²) in [5.41, 5.74) is 7.85. The van der Waals surface area contributed by atoms with E-state index in [0.29, 0.717) is 61.7 Å². The van der Waals surface area contributed by atoms with Crippen molar-refractivity contribution in [2.24, 2.45) is 0 Å². The Morgan fingerprint density at radius 1 is 0.930 bits per heavy atom. The summed E-state index contributed by atoms with van der Waals surface area (Å²) in [7, 11) is 0. The second-order valence-electron chi connectivity index (χ2n) is 15.2. The molecule has 0 saturated carbocycles. The Morgan fingerprint density at radius 2 is 1.77 bits per heavy atom. The average Bonchev–Trinajstić information content (AvgIpc) is 3.19. The number of piperazine rings is 1. The maximum atomic E-state index is 15.4. The maximum absolute atomic E-state index is 15.4. The number of hydrogen-bond acceptors (Lipinski definition) is 10. The molecule has 9 rings (SSSR count). The van der Waals surface area contributed by atoms with Gasteiger partial charge in [-0.3, -0.25) is 24.7 Å². The highest BCUT2D eigenvalue weighted by atomic mass is 19.1. The summed E-state index contributed by atoms with van der Waals surface area (Å²) in [5, 5.41) is 11.0. The van der Waals surface area contributed by atoms with E-state index in [1.165, 1.54) is 6.07 Å². The van der Waals surface area contributed by atoms with E-state index in [0.717, 1.165) is 82.8 Å². The van der Waals surface area contributed by atoms with Crippen molar-refractivity contribution >= 4 is 57.2 Å². The molecule has 3 saturated heterocycles. The van der Waals surface area contributed by atoms with E-state index < -0.39 is 5.82 Å². The predicted molar refractivity (Wildman–Crippen MR) is 218 cm³/mol. The lowest BCUT2D eigenvalue weighted by Crippen LogP contribution is -2.63. The van der Waals surface area contributed by atoms with Gasteiger partial charge in [-0.2, -0.15) is 0 Å². The number of anilines is 5. The summed E-state index contributed by atoms with van der Waals surface area (Å²) in [6, 6.07) is 19.1. The van der Waals surface area contributed by atoms with Crippen LogP contribution in [0.4, 0.5) is 37.8 Å². The van der Waals surface area contributed by atoms with Crippen LogP contribution in [0.5, 0.6) is 5.88 Å². The zero-order valence-corrected chi connectivity index (χ0v) is 32.0. The van der Waals surface area contributed by atoms with E-state index >= 15 is 4.39 Å². The number of halogens is 1. The maximum Gasteiger partial charge on any atom is 0.328 e. The van der Waals surface area contributed by atoms with E-state index in [-0.39, 0.29) is 24.3 Å². The molecule has 0 bridgehead atoms. The number of rotatable bonds is 8. The van der Waals surface area contributed by atoms with Crippen LogP contribution in [-0.4, -0.2) is 103 Å². The number of aromatic nitrogens is 2. The van der Waals surface area contributed by atoms with Crippen molar-refractivity contribution in [2.75, 3.05) is 79.4 Å². The van der Waals surface area contributed by atoms with E-state index in [9.17, 15) is 14.4 Å². The Labute approximate surface area is 329 Å². The molecular weight excluding hydrogens is 726 g/mol. The molecule has 292 valence electrons. The van der Waals surface area contributed by atoms with Crippen LogP contribution in [0, 0.1) is 19.7 Å². The largest absolute Gasteiger partial charge is 0.474 e. The number of aryl methyl sites for hydroxylation is 1. The van der Waals surface area contributed by atoms with Gasteiger partial charge in [-0.15, -0.1) is 0 Å². The molecule has 14 heteroatoms. The fraction of sp³-hybridized carbons (Fsp3) is 0.326. The van der Waals surface area contributed by atoms with Gasteiger partial charge >= 0.3 is 6.03 Å². The molecule has 3 aromatic carbocycles. The molecule has 0 atom stereocenters. The van der Waals surface area contributed by atoms with E-state index in [1.54, 1.807) is 23.2 Å². The van der Waals surface area contributed by atoms with Gasteiger partial charge < -0.3 is 25.2 Å².